The Morgan fingerprint density at radius 2 is 1.48 bits per heavy atom. The van der Waals surface area contributed by atoms with Crippen molar-refractivity contribution in [3.63, 3.8) is 0 Å². The van der Waals surface area contributed by atoms with E-state index in [1.54, 1.807) is 0 Å². The van der Waals surface area contributed by atoms with E-state index in [1.807, 2.05) is 6.92 Å². The molecule has 2 rings (SSSR count). The standard InChI is InChI=1S/C17H22.C12H18/c1-6-14(4)7-8-15(5)17-11-9-16(10-12-17)13(2)3;1-10-6-5-7-11(8-10)9-12(2,3)4/h7-12H,2,6H2,1,3-5H3;5-8H,9H2,1-4H3/b14-7+,15-8+;. The van der Waals surface area contributed by atoms with Gasteiger partial charge in [0.25, 0.3) is 0 Å². The van der Waals surface area contributed by atoms with E-state index in [1.165, 1.54) is 33.4 Å². The van der Waals surface area contributed by atoms with Gasteiger partial charge in [-0.1, -0.05) is 112 Å². The van der Waals surface area contributed by atoms with Gasteiger partial charge in [0.1, 0.15) is 0 Å². The van der Waals surface area contributed by atoms with Gasteiger partial charge < -0.3 is 0 Å². The molecule has 0 saturated heterocycles. The molecule has 0 bridgehead atoms. The summed E-state index contributed by atoms with van der Waals surface area (Å²) < 4.78 is 0. The summed E-state index contributed by atoms with van der Waals surface area (Å²) in [7, 11) is 0. The number of hydrogen-bond donors (Lipinski definition) is 0. The molecule has 0 aliphatic carbocycles. The summed E-state index contributed by atoms with van der Waals surface area (Å²) in [5.74, 6) is 0. The van der Waals surface area contributed by atoms with Gasteiger partial charge in [0.15, 0.2) is 0 Å². The molecule has 0 unspecified atom stereocenters. The van der Waals surface area contributed by atoms with Gasteiger partial charge in [-0.05, 0) is 68.2 Å². The Labute approximate surface area is 180 Å². The summed E-state index contributed by atoms with van der Waals surface area (Å²) in [6, 6.07) is 17.3. The van der Waals surface area contributed by atoms with Crippen LogP contribution in [-0.4, -0.2) is 0 Å². The Balaban J connectivity index is 0.000000308. The fourth-order valence-corrected chi connectivity index (χ4v) is 2.93. The van der Waals surface area contributed by atoms with E-state index in [-0.39, 0.29) is 0 Å². The normalized spacial score (nSPS) is 12.3. The van der Waals surface area contributed by atoms with Crippen molar-refractivity contribution < 1.29 is 0 Å². The lowest BCUT2D eigenvalue weighted by atomic mass is 9.88. The Morgan fingerprint density at radius 1 is 0.897 bits per heavy atom. The average molecular weight is 389 g/mol. The molecule has 0 fully saturated rings. The second-order valence-electron chi connectivity index (χ2n) is 9.30. The largest absolute Gasteiger partial charge is 0.0955 e. The van der Waals surface area contributed by atoms with Crippen LogP contribution >= 0.6 is 0 Å². The summed E-state index contributed by atoms with van der Waals surface area (Å²) in [5, 5.41) is 0. The van der Waals surface area contributed by atoms with Crippen LogP contribution in [-0.2, 0) is 6.42 Å². The van der Waals surface area contributed by atoms with Crippen molar-refractivity contribution in [1.82, 2.24) is 0 Å². The van der Waals surface area contributed by atoms with Gasteiger partial charge in [0.2, 0.25) is 0 Å². The minimum atomic E-state index is 0.397. The monoisotopic (exact) mass is 388 g/mol. The Kier molecular flexibility index (Phi) is 9.89. The molecule has 0 amide bonds. The van der Waals surface area contributed by atoms with Gasteiger partial charge in [0.05, 0.1) is 0 Å². The highest BCUT2D eigenvalue weighted by molar-refractivity contribution is 5.68. The van der Waals surface area contributed by atoms with Crippen molar-refractivity contribution in [3.05, 3.63) is 95.1 Å². The van der Waals surface area contributed by atoms with E-state index in [9.17, 15) is 0 Å². The van der Waals surface area contributed by atoms with Crippen LogP contribution < -0.4 is 0 Å². The maximum Gasteiger partial charge on any atom is -0.0227 e. The van der Waals surface area contributed by atoms with Crippen LogP contribution in [0.4, 0.5) is 0 Å². The molecule has 2 aromatic rings. The summed E-state index contributed by atoms with van der Waals surface area (Å²) in [6.45, 7) is 21.4. The molecule has 0 aliphatic rings. The number of hydrogen-bond acceptors (Lipinski definition) is 0. The van der Waals surface area contributed by atoms with Crippen molar-refractivity contribution in [2.45, 2.75) is 68.2 Å². The lowest BCUT2D eigenvalue weighted by Gasteiger charge is -2.18. The second-order valence-corrected chi connectivity index (χ2v) is 9.30. The smallest absolute Gasteiger partial charge is 0.0227 e. The van der Waals surface area contributed by atoms with Crippen LogP contribution in [0, 0.1) is 12.3 Å². The zero-order chi connectivity index (χ0) is 22.0. The maximum atomic E-state index is 3.95. The zero-order valence-corrected chi connectivity index (χ0v) is 19.9. The second kappa shape index (κ2) is 11.6. The van der Waals surface area contributed by atoms with Crippen LogP contribution in [0.25, 0.3) is 11.1 Å². The van der Waals surface area contributed by atoms with Crippen LogP contribution in [0.5, 0.6) is 0 Å². The molecule has 0 saturated carbocycles. The van der Waals surface area contributed by atoms with Crippen molar-refractivity contribution >= 4 is 11.1 Å². The summed E-state index contributed by atoms with van der Waals surface area (Å²) in [6.07, 6.45) is 6.66. The molecule has 0 heterocycles. The first-order valence-electron chi connectivity index (χ1n) is 10.7. The van der Waals surface area contributed by atoms with Crippen molar-refractivity contribution in [2.75, 3.05) is 0 Å². The first-order valence-corrected chi connectivity index (χ1v) is 10.7. The molecule has 0 aromatic heterocycles. The van der Waals surface area contributed by atoms with Gasteiger partial charge in [-0.15, -0.1) is 0 Å². The van der Waals surface area contributed by atoms with Gasteiger partial charge in [-0.2, -0.15) is 0 Å². The van der Waals surface area contributed by atoms with E-state index >= 15 is 0 Å². The number of allylic oxidation sites excluding steroid dienone is 5. The highest BCUT2D eigenvalue weighted by atomic mass is 14.2. The van der Waals surface area contributed by atoms with Crippen LogP contribution in [0.2, 0.25) is 0 Å². The summed E-state index contributed by atoms with van der Waals surface area (Å²) in [4.78, 5) is 0. The highest BCUT2D eigenvalue weighted by Crippen LogP contribution is 2.21. The van der Waals surface area contributed by atoms with Crippen molar-refractivity contribution in [3.8, 4) is 0 Å². The van der Waals surface area contributed by atoms with Gasteiger partial charge in [0, 0.05) is 0 Å². The molecule has 0 aliphatic heterocycles. The zero-order valence-electron chi connectivity index (χ0n) is 19.9. The first-order chi connectivity index (χ1) is 13.5. The van der Waals surface area contributed by atoms with Crippen LogP contribution in [0.3, 0.4) is 0 Å². The molecule has 2 aromatic carbocycles. The quantitative estimate of drug-likeness (QED) is 0.448. The Morgan fingerprint density at radius 3 is 1.97 bits per heavy atom. The molecular formula is C29H40. The Hall–Kier alpha value is -2.34. The molecule has 0 heteroatoms. The van der Waals surface area contributed by atoms with E-state index in [0.717, 1.165) is 18.4 Å². The minimum absolute atomic E-state index is 0.397. The maximum absolute atomic E-state index is 3.95. The third kappa shape index (κ3) is 10.1. The third-order valence-electron chi connectivity index (χ3n) is 4.83. The van der Waals surface area contributed by atoms with Gasteiger partial charge >= 0.3 is 0 Å². The lowest BCUT2D eigenvalue weighted by molar-refractivity contribution is 0.411. The molecule has 0 spiro atoms. The van der Waals surface area contributed by atoms with Gasteiger partial charge in [-0.25, -0.2) is 0 Å². The van der Waals surface area contributed by atoms with Crippen LogP contribution in [0.1, 0.15) is 77.1 Å². The highest BCUT2D eigenvalue weighted by Gasteiger charge is 2.10. The fraction of sp³-hybridized carbons (Fsp3) is 0.379. The number of benzene rings is 2. The van der Waals surface area contributed by atoms with Crippen molar-refractivity contribution in [1.29, 1.82) is 0 Å². The van der Waals surface area contributed by atoms with Crippen LogP contribution in [0.15, 0.2) is 72.8 Å². The molecule has 0 atom stereocenters. The Bertz CT molecular complexity index is 836. The summed E-state index contributed by atoms with van der Waals surface area (Å²) >= 11 is 0. The third-order valence-corrected chi connectivity index (χ3v) is 4.83. The fourth-order valence-electron chi connectivity index (χ4n) is 2.93. The van der Waals surface area contributed by atoms with E-state index in [0.29, 0.717) is 5.41 Å². The number of aryl methyl sites for hydroxylation is 1. The summed E-state index contributed by atoms with van der Waals surface area (Å²) in [5.41, 5.74) is 9.50. The molecular weight excluding hydrogens is 348 g/mol. The first kappa shape index (κ1) is 24.7. The SMILES string of the molecule is C=C(C)c1ccc(/C(C)=C/C=C(\C)CC)cc1.Cc1cccc(CC(C)(C)C)c1. The topological polar surface area (TPSA) is 0 Å². The molecule has 0 N–H and O–H groups in total. The van der Waals surface area contributed by atoms with Crippen molar-refractivity contribution in [2.24, 2.45) is 5.41 Å². The molecule has 0 radical (unpaired) electrons. The van der Waals surface area contributed by atoms with Gasteiger partial charge in [-0.3, -0.25) is 0 Å². The predicted octanol–water partition coefficient (Wildman–Crippen LogP) is 9.06. The van der Waals surface area contributed by atoms with E-state index in [4.69, 9.17) is 0 Å². The predicted molar refractivity (Wildman–Crippen MR) is 133 cm³/mol. The minimum Gasteiger partial charge on any atom is -0.0955 e. The number of rotatable bonds is 5. The van der Waals surface area contributed by atoms with E-state index < -0.39 is 0 Å². The molecule has 156 valence electrons. The van der Waals surface area contributed by atoms with E-state index in [2.05, 4.69) is 116 Å². The lowest BCUT2D eigenvalue weighted by Crippen LogP contribution is -2.08. The molecule has 29 heavy (non-hydrogen) atoms. The molecule has 0 nitrogen and oxygen atoms in total. The average Bonchev–Trinajstić information content (AvgIpc) is 2.65.